The minimum atomic E-state index is 0.0531. The summed E-state index contributed by atoms with van der Waals surface area (Å²) in [6.07, 6.45) is 1.24. The summed E-state index contributed by atoms with van der Waals surface area (Å²) >= 11 is 6.02. The molecule has 5 nitrogen and oxygen atoms in total. The van der Waals surface area contributed by atoms with Crippen LogP contribution in [0.25, 0.3) is 11.3 Å². The summed E-state index contributed by atoms with van der Waals surface area (Å²) in [5, 5.41) is 3.26. The highest BCUT2D eigenvalue weighted by Crippen LogP contribution is 2.31. The molecule has 0 saturated heterocycles. The zero-order chi connectivity index (χ0) is 12.7. The van der Waals surface area contributed by atoms with Crippen LogP contribution in [0.1, 0.15) is 12.0 Å². The van der Waals surface area contributed by atoms with Gasteiger partial charge in [-0.2, -0.15) is 0 Å². The van der Waals surface area contributed by atoms with E-state index in [1.165, 1.54) is 0 Å². The van der Waals surface area contributed by atoms with E-state index in [1.54, 1.807) is 0 Å². The minimum absolute atomic E-state index is 0.0531. The summed E-state index contributed by atoms with van der Waals surface area (Å²) in [7, 11) is 0. The number of benzene rings is 1. The summed E-state index contributed by atoms with van der Waals surface area (Å²) in [5.41, 5.74) is 9.03. The van der Waals surface area contributed by atoms with Gasteiger partial charge in [-0.25, -0.2) is 4.98 Å². The lowest BCUT2D eigenvalue weighted by atomic mass is 9.99. The van der Waals surface area contributed by atoms with Crippen LogP contribution in [0.5, 0.6) is 0 Å². The van der Waals surface area contributed by atoms with E-state index in [2.05, 4.69) is 15.3 Å². The van der Waals surface area contributed by atoms with Gasteiger partial charge in [-0.15, -0.1) is 0 Å². The molecule has 0 bridgehead atoms. The van der Waals surface area contributed by atoms with Crippen molar-refractivity contribution in [2.75, 3.05) is 11.1 Å². The highest BCUT2D eigenvalue weighted by Gasteiger charge is 2.17. The van der Waals surface area contributed by atoms with Crippen molar-refractivity contribution in [3.05, 3.63) is 28.9 Å². The summed E-state index contributed by atoms with van der Waals surface area (Å²) in [4.78, 5) is 18.2. The molecule has 1 aromatic carbocycles. The molecular weight excluding hydrogens is 252 g/mol. The molecule has 1 aliphatic heterocycles. The first-order valence-electron chi connectivity index (χ1n) is 5.57. The third-order valence-corrected chi connectivity index (χ3v) is 3.23. The predicted molar refractivity (Wildman–Crippen MR) is 70.4 cm³/mol. The van der Waals surface area contributed by atoms with Crippen LogP contribution in [0.15, 0.2) is 18.2 Å². The van der Waals surface area contributed by atoms with Crippen molar-refractivity contribution in [3.63, 3.8) is 0 Å². The second kappa shape index (κ2) is 4.03. The normalized spacial score (nSPS) is 14.2. The van der Waals surface area contributed by atoms with Crippen molar-refractivity contribution in [1.29, 1.82) is 0 Å². The Bertz CT molecular complexity index is 635. The molecule has 0 saturated carbocycles. The van der Waals surface area contributed by atoms with Gasteiger partial charge in [-0.05, 0) is 24.1 Å². The number of anilines is 2. The number of imidazole rings is 1. The molecule has 0 radical (unpaired) electrons. The number of hydrogen-bond donors (Lipinski definition) is 3. The summed E-state index contributed by atoms with van der Waals surface area (Å²) in [5.74, 6) is 0.346. The van der Waals surface area contributed by atoms with Crippen LogP contribution >= 0.6 is 11.6 Å². The van der Waals surface area contributed by atoms with E-state index < -0.39 is 0 Å². The fourth-order valence-electron chi connectivity index (χ4n) is 2.09. The first kappa shape index (κ1) is 11.1. The second-order valence-corrected chi connectivity index (χ2v) is 4.58. The molecule has 3 rings (SSSR count). The predicted octanol–water partition coefficient (Wildman–Crippen LogP) is 2.20. The van der Waals surface area contributed by atoms with Crippen LogP contribution < -0.4 is 11.1 Å². The van der Waals surface area contributed by atoms with Crippen molar-refractivity contribution < 1.29 is 4.79 Å². The van der Waals surface area contributed by atoms with Crippen LogP contribution in [0.2, 0.25) is 5.15 Å². The number of hydrogen-bond acceptors (Lipinski definition) is 3. The van der Waals surface area contributed by atoms with Gasteiger partial charge in [0.2, 0.25) is 5.91 Å². The Morgan fingerprint density at radius 2 is 2.17 bits per heavy atom. The van der Waals surface area contributed by atoms with Gasteiger partial charge in [-0.3, -0.25) is 4.79 Å². The fourth-order valence-corrected chi connectivity index (χ4v) is 2.34. The zero-order valence-electron chi connectivity index (χ0n) is 9.46. The number of nitrogens with zero attached hydrogens (tertiary/aromatic N) is 1. The first-order valence-corrected chi connectivity index (χ1v) is 5.95. The lowest BCUT2D eigenvalue weighted by molar-refractivity contribution is -0.116. The van der Waals surface area contributed by atoms with Gasteiger partial charge in [0.05, 0.1) is 0 Å². The molecule has 2 aromatic rings. The van der Waals surface area contributed by atoms with Crippen molar-refractivity contribution in [1.82, 2.24) is 9.97 Å². The maximum Gasteiger partial charge on any atom is 0.224 e. The number of halogens is 1. The lowest BCUT2D eigenvalue weighted by Crippen LogP contribution is -2.18. The van der Waals surface area contributed by atoms with E-state index in [0.717, 1.165) is 23.2 Å². The number of aromatic nitrogens is 2. The number of nitrogens with one attached hydrogen (secondary N) is 2. The Hall–Kier alpha value is -2.01. The van der Waals surface area contributed by atoms with Crippen LogP contribution in [-0.4, -0.2) is 15.9 Å². The molecule has 2 heterocycles. The molecule has 0 atom stereocenters. The van der Waals surface area contributed by atoms with E-state index in [1.807, 2.05) is 18.2 Å². The topological polar surface area (TPSA) is 83.8 Å². The van der Waals surface area contributed by atoms with Crippen molar-refractivity contribution in [2.45, 2.75) is 12.8 Å². The Kier molecular flexibility index (Phi) is 2.48. The molecule has 0 unspecified atom stereocenters. The number of aromatic amines is 1. The van der Waals surface area contributed by atoms with Gasteiger partial charge >= 0.3 is 0 Å². The number of fused-ring (bicyclic) bond motifs is 1. The molecule has 0 fully saturated rings. The monoisotopic (exact) mass is 262 g/mol. The maximum absolute atomic E-state index is 11.3. The fraction of sp³-hybridized carbons (Fsp3) is 0.167. The van der Waals surface area contributed by atoms with Crippen molar-refractivity contribution >= 4 is 29.1 Å². The van der Waals surface area contributed by atoms with Crippen LogP contribution in [-0.2, 0) is 11.2 Å². The number of nitrogen functional groups attached to an aromatic ring is 1. The molecule has 0 spiro atoms. The maximum atomic E-state index is 11.3. The molecule has 0 aliphatic carbocycles. The molecule has 1 aliphatic rings. The number of aryl methyl sites for hydroxylation is 1. The smallest absolute Gasteiger partial charge is 0.224 e. The highest BCUT2D eigenvalue weighted by molar-refractivity contribution is 6.32. The zero-order valence-corrected chi connectivity index (χ0v) is 10.2. The van der Waals surface area contributed by atoms with Gasteiger partial charge in [0.15, 0.2) is 5.95 Å². The van der Waals surface area contributed by atoms with E-state index in [-0.39, 0.29) is 5.91 Å². The average Bonchev–Trinajstić information content (AvgIpc) is 2.68. The highest BCUT2D eigenvalue weighted by atomic mass is 35.5. The van der Waals surface area contributed by atoms with E-state index in [0.29, 0.717) is 23.2 Å². The quantitative estimate of drug-likeness (QED) is 0.737. The molecular formula is C12H11ClN4O. The minimum Gasteiger partial charge on any atom is -0.369 e. The number of amides is 1. The van der Waals surface area contributed by atoms with Crippen LogP contribution in [0, 0.1) is 0 Å². The molecule has 6 heteroatoms. The Labute approximate surface area is 108 Å². The number of H-pyrrole nitrogens is 1. The third kappa shape index (κ3) is 1.82. The van der Waals surface area contributed by atoms with Crippen molar-refractivity contribution in [2.24, 2.45) is 0 Å². The van der Waals surface area contributed by atoms with E-state index in [9.17, 15) is 4.79 Å². The van der Waals surface area contributed by atoms with Gasteiger partial charge in [0.25, 0.3) is 0 Å². The molecule has 1 aromatic heterocycles. The number of nitrogens with two attached hydrogens (primary N) is 1. The lowest BCUT2D eigenvalue weighted by Gasteiger charge is -2.17. The Morgan fingerprint density at radius 1 is 1.33 bits per heavy atom. The van der Waals surface area contributed by atoms with Gasteiger partial charge in [-0.1, -0.05) is 17.7 Å². The Morgan fingerprint density at radius 3 is 2.89 bits per heavy atom. The first-order chi connectivity index (χ1) is 8.63. The van der Waals surface area contributed by atoms with E-state index in [4.69, 9.17) is 17.3 Å². The van der Waals surface area contributed by atoms with Crippen LogP contribution in [0.3, 0.4) is 0 Å². The number of carbonyl (C=O) groups is 1. The summed E-state index contributed by atoms with van der Waals surface area (Å²) < 4.78 is 0. The molecule has 18 heavy (non-hydrogen) atoms. The SMILES string of the molecule is Nc1nc(-c2ccc3c(c2)CCC(=O)N3)c(Cl)[nH]1. The number of carbonyl (C=O) groups excluding carboxylic acids is 1. The van der Waals surface area contributed by atoms with Crippen LogP contribution in [0.4, 0.5) is 11.6 Å². The molecule has 92 valence electrons. The summed E-state index contributed by atoms with van der Waals surface area (Å²) in [6, 6.07) is 5.71. The second-order valence-electron chi connectivity index (χ2n) is 4.20. The Balaban J connectivity index is 2.05. The summed E-state index contributed by atoms with van der Waals surface area (Å²) in [6.45, 7) is 0. The molecule has 1 amide bonds. The van der Waals surface area contributed by atoms with Crippen molar-refractivity contribution in [3.8, 4) is 11.3 Å². The van der Waals surface area contributed by atoms with E-state index >= 15 is 0 Å². The van der Waals surface area contributed by atoms with Gasteiger partial charge in [0, 0.05) is 17.7 Å². The molecule has 4 N–H and O–H groups in total. The van der Waals surface area contributed by atoms with Gasteiger partial charge < -0.3 is 16.0 Å². The third-order valence-electron chi connectivity index (χ3n) is 2.95. The van der Waals surface area contributed by atoms with Gasteiger partial charge in [0.1, 0.15) is 10.8 Å². The standard InChI is InChI=1S/C12H11ClN4O/c13-11-10(16-12(14)17-11)7-1-3-8-6(5-7)2-4-9(18)15-8/h1,3,5H,2,4H2,(H,15,18)(H3,14,16,17). The number of rotatable bonds is 1. The average molecular weight is 263 g/mol. The largest absolute Gasteiger partial charge is 0.369 e.